The van der Waals surface area contributed by atoms with E-state index in [0.717, 1.165) is 19.2 Å². The molecule has 0 amide bonds. The largest absolute Gasteiger partial charge is 0.465 e. The summed E-state index contributed by atoms with van der Waals surface area (Å²) in [5, 5.41) is 10.4. The molecule has 1 aromatic carbocycles. The van der Waals surface area contributed by atoms with Crippen molar-refractivity contribution in [2.24, 2.45) is 0 Å². The van der Waals surface area contributed by atoms with Gasteiger partial charge in [-0.15, -0.1) is 0 Å². The van der Waals surface area contributed by atoms with Crippen LogP contribution >= 0.6 is 15.9 Å². The number of methoxy groups -OCH3 is 1. The van der Waals surface area contributed by atoms with Gasteiger partial charge in [0.25, 0.3) is 0 Å². The zero-order valence-electron chi connectivity index (χ0n) is 7.49. The zero-order valence-corrected chi connectivity index (χ0v) is 9.08. The molecule has 0 saturated carbocycles. The first-order valence-electron chi connectivity index (χ1n) is 3.69. The van der Waals surface area contributed by atoms with Gasteiger partial charge in [0.05, 0.1) is 22.1 Å². The molecule has 1 aromatic rings. The molecule has 15 heavy (non-hydrogen) atoms. The molecule has 0 aliphatic heterocycles. The predicted octanol–water partition coefficient (Wildman–Crippen LogP) is 2.28. The molecule has 0 fully saturated rings. The van der Waals surface area contributed by atoms with Gasteiger partial charge in [0, 0.05) is 6.07 Å². The van der Waals surface area contributed by atoms with Crippen molar-refractivity contribution < 1.29 is 18.8 Å². The van der Waals surface area contributed by atoms with Gasteiger partial charge >= 0.3 is 11.7 Å². The molecule has 0 heterocycles. The van der Waals surface area contributed by atoms with E-state index in [-0.39, 0.29) is 10.0 Å². The second-order valence-electron chi connectivity index (χ2n) is 2.51. The molecule has 5 nitrogen and oxygen atoms in total. The number of hydrogen-bond donors (Lipinski definition) is 0. The van der Waals surface area contributed by atoms with Crippen LogP contribution in [0.3, 0.4) is 0 Å². The Morgan fingerprint density at radius 3 is 2.67 bits per heavy atom. The highest BCUT2D eigenvalue weighted by atomic mass is 79.9. The number of nitro benzene ring substituents is 1. The Hall–Kier alpha value is -1.50. The van der Waals surface area contributed by atoms with E-state index in [9.17, 15) is 19.3 Å². The van der Waals surface area contributed by atoms with Crippen molar-refractivity contribution >= 4 is 27.6 Å². The van der Waals surface area contributed by atoms with Crippen LogP contribution in [-0.4, -0.2) is 18.0 Å². The molecule has 0 atom stereocenters. The smallest absolute Gasteiger partial charge is 0.339 e. The molecule has 0 N–H and O–H groups in total. The van der Waals surface area contributed by atoms with Crippen LogP contribution in [0.5, 0.6) is 0 Å². The van der Waals surface area contributed by atoms with Crippen LogP contribution in [0.4, 0.5) is 10.1 Å². The van der Waals surface area contributed by atoms with Gasteiger partial charge in [0.1, 0.15) is 0 Å². The third kappa shape index (κ3) is 2.12. The molecule has 0 aliphatic rings. The SMILES string of the molecule is COC(=O)c1ccc([N+](=O)[O-])c(F)c1Br. The standard InChI is InChI=1S/C8H5BrFNO4/c1-15-8(12)4-2-3-5(11(13)14)7(10)6(4)9/h2-3H,1H3. The summed E-state index contributed by atoms with van der Waals surface area (Å²) in [6.45, 7) is 0. The summed E-state index contributed by atoms with van der Waals surface area (Å²) in [5.74, 6) is -1.86. The van der Waals surface area contributed by atoms with Crippen molar-refractivity contribution in [1.82, 2.24) is 0 Å². The lowest BCUT2D eigenvalue weighted by atomic mass is 10.2. The number of halogens is 2. The number of hydrogen-bond acceptors (Lipinski definition) is 4. The number of nitrogens with zero attached hydrogens (tertiary/aromatic N) is 1. The maximum absolute atomic E-state index is 13.3. The summed E-state index contributed by atoms with van der Waals surface area (Å²) in [4.78, 5) is 20.6. The van der Waals surface area contributed by atoms with E-state index < -0.39 is 22.4 Å². The molecule has 0 bridgehead atoms. The normalized spacial score (nSPS) is 9.80. The molecule has 0 spiro atoms. The van der Waals surface area contributed by atoms with Gasteiger partial charge in [-0.1, -0.05) is 0 Å². The van der Waals surface area contributed by atoms with Crippen molar-refractivity contribution in [2.75, 3.05) is 7.11 Å². The molecule has 80 valence electrons. The first kappa shape index (κ1) is 11.6. The minimum absolute atomic E-state index is 0.0967. The van der Waals surface area contributed by atoms with E-state index in [1.165, 1.54) is 0 Å². The first-order valence-corrected chi connectivity index (χ1v) is 4.49. The Labute approximate surface area is 92.1 Å². The van der Waals surface area contributed by atoms with Gasteiger partial charge in [0.2, 0.25) is 5.82 Å². The fourth-order valence-corrected chi connectivity index (χ4v) is 1.45. The Morgan fingerprint density at radius 2 is 2.20 bits per heavy atom. The summed E-state index contributed by atoms with van der Waals surface area (Å²) in [7, 11) is 1.13. The topological polar surface area (TPSA) is 69.4 Å². The van der Waals surface area contributed by atoms with Crippen LogP contribution in [0.15, 0.2) is 16.6 Å². The van der Waals surface area contributed by atoms with E-state index in [1.807, 2.05) is 0 Å². The lowest BCUT2D eigenvalue weighted by Crippen LogP contribution is -2.05. The summed E-state index contributed by atoms with van der Waals surface area (Å²) in [5.41, 5.74) is -0.796. The molecule has 0 saturated heterocycles. The van der Waals surface area contributed by atoms with Crippen molar-refractivity contribution in [1.29, 1.82) is 0 Å². The van der Waals surface area contributed by atoms with Crippen LogP contribution in [0.25, 0.3) is 0 Å². The van der Waals surface area contributed by atoms with Gasteiger partial charge in [-0.25, -0.2) is 4.79 Å². The molecule has 0 unspecified atom stereocenters. The molecule has 7 heteroatoms. The number of carbonyl (C=O) groups is 1. The number of benzene rings is 1. The average molecular weight is 278 g/mol. The lowest BCUT2D eigenvalue weighted by Gasteiger charge is -2.03. The quantitative estimate of drug-likeness (QED) is 0.472. The predicted molar refractivity (Wildman–Crippen MR) is 52.1 cm³/mol. The number of nitro groups is 1. The van der Waals surface area contributed by atoms with Gasteiger partial charge in [-0.05, 0) is 22.0 Å². The van der Waals surface area contributed by atoms with Crippen LogP contribution < -0.4 is 0 Å². The second-order valence-corrected chi connectivity index (χ2v) is 3.30. The number of rotatable bonds is 2. The van der Waals surface area contributed by atoms with Crippen molar-refractivity contribution in [3.05, 3.63) is 38.1 Å². The van der Waals surface area contributed by atoms with Gasteiger partial charge in [-0.3, -0.25) is 10.1 Å². The van der Waals surface area contributed by atoms with E-state index >= 15 is 0 Å². The Morgan fingerprint density at radius 1 is 1.60 bits per heavy atom. The summed E-state index contributed by atoms with van der Waals surface area (Å²) >= 11 is 2.76. The lowest BCUT2D eigenvalue weighted by molar-refractivity contribution is -0.387. The Balaban J connectivity index is 3.33. The molecule has 0 aromatic heterocycles. The van der Waals surface area contributed by atoms with Gasteiger partial charge < -0.3 is 4.74 Å². The second kappa shape index (κ2) is 4.35. The summed E-state index contributed by atoms with van der Waals surface area (Å²) in [6, 6.07) is 2.03. The summed E-state index contributed by atoms with van der Waals surface area (Å²) in [6.07, 6.45) is 0. The minimum Gasteiger partial charge on any atom is -0.465 e. The highest BCUT2D eigenvalue weighted by molar-refractivity contribution is 9.10. The van der Waals surface area contributed by atoms with E-state index in [4.69, 9.17) is 0 Å². The molecule has 0 radical (unpaired) electrons. The van der Waals surface area contributed by atoms with Crippen molar-refractivity contribution in [3.63, 3.8) is 0 Å². The number of ether oxygens (including phenoxy) is 1. The molecule has 1 rings (SSSR count). The fraction of sp³-hybridized carbons (Fsp3) is 0.125. The van der Waals surface area contributed by atoms with Gasteiger partial charge in [0.15, 0.2) is 0 Å². The first-order chi connectivity index (χ1) is 6.99. The third-order valence-electron chi connectivity index (χ3n) is 1.66. The Kier molecular flexibility index (Phi) is 3.35. The maximum atomic E-state index is 13.3. The van der Waals surface area contributed by atoms with Gasteiger partial charge in [-0.2, -0.15) is 4.39 Å². The van der Waals surface area contributed by atoms with E-state index in [0.29, 0.717) is 0 Å². The molecule has 0 aliphatic carbocycles. The highest BCUT2D eigenvalue weighted by Gasteiger charge is 2.22. The van der Waals surface area contributed by atoms with E-state index in [2.05, 4.69) is 20.7 Å². The number of carbonyl (C=O) groups excluding carboxylic acids is 1. The van der Waals surface area contributed by atoms with E-state index in [1.54, 1.807) is 0 Å². The van der Waals surface area contributed by atoms with Crippen LogP contribution in [-0.2, 0) is 4.74 Å². The minimum atomic E-state index is -1.09. The number of esters is 1. The zero-order chi connectivity index (χ0) is 11.6. The molecular weight excluding hydrogens is 273 g/mol. The highest BCUT2D eigenvalue weighted by Crippen LogP contribution is 2.28. The monoisotopic (exact) mass is 277 g/mol. The average Bonchev–Trinajstić information content (AvgIpc) is 2.20. The fourth-order valence-electron chi connectivity index (χ4n) is 0.948. The van der Waals surface area contributed by atoms with Crippen LogP contribution in [0, 0.1) is 15.9 Å². The maximum Gasteiger partial charge on any atom is 0.339 e. The summed E-state index contributed by atoms with van der Waals surface area (Å²) < 4.78 is 17.4. The van der Waals surface area contributed by atoms with Crippen LogP contribution in [0.1, 0.15) is 10.4 Å². The van der Waals surface area contributed by atoms with Crippen molar-refractivity contribution in [3.8, 4) is 0 Å². The molecular formula is C8H5BrFNO4. The third-order valence-corrected chi connectivity index (χ3v) is 2.44. The van der Waals surface area contributed by atoms with Crippen molar-refractivity contribution in [2.45, 2.75) is 0 Å². The Bertz CT molecular complexity index is 435. The van der Waals surface area contributed by atoms with Crippen LogP contribution in [0.2, 0.25) is 0 Å².